The topological polar surface area (TPSA) is 20.3 Å². The number of rotatable bonds is 2. The van der Waals surface area contributed by atoms with Crippen molar-refractivity contribution < 1.29 is 4.79 Å². The zero-order valence-electron chi connectivity index (χ0n) is 9.51. The van der Waals surface area contributed by atoms with Gasteiger partial charge in [0.1, 0.15) is 0 Å². The second-order valence-electron chi connectivity index (χ2n) is 3.91. The highest BCUT2D eigenvalue weighted by atomic mass is 16.1. The number of hydrogen-bond acceptors (Lipinski definition) is 2. The third kappa shape index (κ3) is 1.95. The first-order chi connectivity index (χ1) is 6.43. The van der Waals surface area contributed by atoms with Gasteiger partial charge in [-0.25, -0.2) is 0 Å². The van der Waals surface area contributed by atoms with Gasteiger partial charge in [-0.1, -0.05) is 0 Å². The van der Waals surface area contributed by atoms with Crippen LogP contribution in [-0.2, 0) is 0 Å². The van der Waals surface area contributed by atoms with Crippen molar-refractivity contribution in [2.75, 3.05) is 19.0 Å². The molecule has 0 radical (unpaired) electrons. The maximum atomic E-state index is 11.4. The van der Waals surface area contributed by atoms with Gasteiger partial charge in [-0.05, 0) is 44.0 Å². The van der Waals surface area contributed by atoms with E-state index >= 15 is 0 Å². The molecule has 1 aromatic rings. The molecule has 0 aliphatic carbocycles. The van der Waals surface area contributed by atoms with Gasteiger partial charge < -0.3 is 4.90 Å². The summed E-state index contributed by atoms with van der Waals surface area (Å²) in [4.78, 5) is 13.4. The second kappa shape index (κ2) is 3.82. The van der Waals surface area contributed by atoms with E-state index < -0.39 is 0 Å². The Morgan fingerprint density at radius 2 is 1.57 bits per heavy atom. The molecule has 0 spiro atoms. The molecular weight excluding hydrogens is 174 g/mol. The fraction of sp³-hybridized carbons (Fsp3) is 0.417. The third-order valence-corrected chi connectivity index (χ3v) is 2.39. The summed E-state index contributed by atoms with van der Waals surface area (Å²) in [5.41, 5.74) is 4.11. The zero-order valence-corrected chi connectivity index (χ0v) is 9.51. The summed E-state index contributed by atoms with van der Waals surface area (Å²) < 4.78 is 0. The lowest BCUT2D eigenvalue weighted by Crippen LogP contribution is -2.10. The van der Waals surface area contributed by atoms with E-state index in [0.717, 1.165) is 22.4 Å². The Hall–Kier alpha value is -1.31. The molecule has 1 aromatic carbocycles. The van der Waals surface area contributed by atoms with Crippen LogP contribution in [0.2, 0.25) is 0 Å². The summed E-state index contributed by atoms with van der Waals surface area (Å²) in [6.07, 6.45) is 0. The number of hydrogen-bond donors (Lipinski definition) is 0. The van der Waals surface area contributed by atoms with E-state index in [9.17, 15) is 4.79 Å². The van der Waals surface area contributed by atoms with Crippen LogP contribution in [0, 0.1) is 13.8 Å². The molecule has 1 rings (SSSR count). The Labute approximate surface area is 85.5 Å². The van der Waals surface area contributed by atoms with Crippen LogP contribution >= 0.6 is 0 Å². The van der Waals surface area contributed by atoms with Crippen LogP contribution < -0.4 is 4.90 Å². The third-order valence-electron chi connectivity index (χ3n) is 2.39. The molecular formula is C12H17NO. The van der Waals surface area contributed by atoms with Crippen molar-refractivity contribution >= 4 is 11.5 Å². The lowest BCUT2D eigenvalue weighted by Gasteiger charge is -2.16. The molecule has 0 atom stereocenters. The van der Waals surface area contributed by atoms with Gasteiger partial charge in [-0.15, -0.1) is 0 Å². The molecule has 0 fully saturated rings. The van der Waals surface area contributed by atoms with Crippen molar-refractivity contribution in [1.29, 1.82) is 0 Å². The number of ketones is 1. The molecule has 0 amide bonds. The Morgan fingerprint density at radius 3 is 1.86 bits per heavy atom. The first-order valence-corrected chi connectivity index (χ1v) is 4.73. The van der Waals surface area contributed by atoms with Crippen molar-refractivity contribution in [2.24, 2.45) is 0 Å². The minimum atomic E-state index is 0.144. The summed E-state index contributed by atoms with van der Waals surface area (Å²) in [6.45, 7) is 5.58. The molecule has 0 aliphatic rings. The molecule has 0 saturated heterocycles. The van der Waals surface area contributed by atoms with Gasteiger partial charge in [-0.3, -0.25) is 4.79 Å². The number of Topliss-reactive ketones (excluding diaryl/α,β-unsaturated/α-hetero) is 1. The number of carbonyl (C=O) groups is 1. The molecule has 0 N–H and O–H groups in total. The Morgan fingerprint density at radius 1 is 1.14 bits per heavy atom. The summed E-state index contributed by atoms with van der Waals surface area (Å²) in [6, 6.07) is 4.09. The first kappa shape index (κ1) is 10.8. The Bertz CT molecular complexity index is 344. The minimum absolute atomic E-state index is 0.144. The summed E-state index contributed by atoms with van der Waals surface area (Å²) >= 11 is 0. The van der Waals surface area contributed by atoms with Crippen molar-refractivity contribution in [3.05, 3.63) is 28.8 Å². The Kier molecular flexibility index (Phi) is 2.94. The van der Waals surface area contributed by atoms with Crippen LogP contribution in [0.1, 0.15) is 28.4 Å². The average molecular weight is 191 g/mol. The van der Waals surface area contributed by atoms with E-state index in [1.165, 1.54) is 0 Å². The number of anilines is 1. The van der Waals surface area contributed by atoms with E-state index in [0.29, 0.717) is 0 Å². The number of nitrogens with zero attached hydrogens (tertiary/aromatic N) is 1. The van der Waals surface area contributed by atoms with Crippen molar-refractivity contribution in [2.45, 2.75) is 20.8 Å². The van der Waals surface area contributed by atoms with Crippen molar-refractivity contribution in [3.8, 4) is 0 Å². The predicted molar refractivity (Wildman–Crippen MR) is 60.2 cm³/mol. The van der Waals surface area contributed by atoms with Crippen LogP contribution in [0.25, 0.3) is 0 Å². The molecule has 0 heterocycles. The molecule has 0 aromatic heterocycles. The number of benzene rings is 1. The fourth-order valence-electron chi connectivity index (χ4n) is 1.75. The fourth-order valence-corrected chi connectivity index (χ4v) is 1.75. The van der Waals surface area contributed by atoms with Crippen LogP contribution in [0.5, 0.6) is 0 Å². The standard InChI is InChI=1S/C12H17NO/c1-8-6-11(13(4)5)7-9(2)12(8)10(3)14/h6-7H,1-5H3. The molecule has 0 saturated carbocycles. The van der Waals surface area contributed by atoms with Gasteiger partial charge in [0.15, 0.2) is 5.78 Å². The van der Waals surface area contributed by atoms with Gasteiger partial charge >= 0.3 is 0 Å². The largest absolute Gasteiger partial charge is 0.378 e. The van der Waals surface area contributed by atoms with E-state index in [1.807, 2.05) is 45.0 Å². The number of aryl methyl sites for hydroxylation is 2. The molecule has 0 aliphatic heterocycles. The molecule has 0 bridgehead atoms. The summed E-state index contributed by atoms with van der Waals surface area (Å²) in [5, 5.41) is 0. The van der Waals surface area contributed by atoms with E-state index in [4.69, 9.17) is 0 Å². The van der Waals surface area contributed by atoms with Gasteiger partial charge in [-0.2, -0.15) is 0 Å². The zero-order chi connectivity index (χ0) is 10.9. The maximum absolute atomic E-state index is 11.4. The molecule has 0 unspecified atom stereocenters. The lowest BCUT2D eigenvalue weighted by molar-refractivity contribution is 0.101. The number of carbonyl (C=O) groups excluding carboxylic acids is 1. The first-order valence-electron chi connectivity index (χ1n) is 4.73. The smallest absolute Gasteiger partial charge is 0.160 e. The highest BCUT2D eigenvalue weighted by Crippen LogP contribution is 2.22. The van der Waals surface area contributed by atoms with Gasteiger partial charge in [0.2, 0.25) is 0 Å². The van der Waals surface area contributed by atoms with Crippen molar-refractivity contribution in [3.63, 3.8) is 0 Å². The monoisotopic (exact) mass is 191 g/mol. The van der Waals surface area contributed by atoms with Crippen LogP contribution in [0.3, 0.4) is 0 Å². The van der Waals surface area contributed by atoms with E-state index in [1.54, 1.807) is 6.92 Å². The minimum Gasteiger partial charge on any atom is -0.378 e. The molecule has 2 heteroatoms. The quantitative estimate of drug-likeness (QED) is 0.670. The van der Waals surface area contributed by atoms with Crippen molar-refractivity contribution in [1.82, 2.24) is 0 Å². The van der Waals surface area contributed by atoms with Crippen LogP contribution in [-0.4, -0.2) is 19.9 Å². The SMILES string of the molecule is CC(=O)c1c(C)cc(N(C)C)cc1C. The summed E-state index contributed by atoms with van der Waals surface area (Å²) in [7, 11) is 4.00. The molecule has 14 heavy (non-hydrogen) atoms. The lowest BCUT2D eigenvalue weighted by atomic mass is 9.99. The highest BCUT2D eigenvalue weighted by Gasteiger charge is 2.09. The Balaban J connectivity index is 3.32. The van der Waals surface area contributed by atoms with Gasteiger partial charge in [0.25, 0.3) is 0 Å². The second-order valence-corrected chi connectivity index (χ2v) is 3.91. The van der Waals surface area contributed by atoms with E-state index in [-0.39, 0.29) is 5.78 Å². The molecule has 2 nitrogen and oxygen atoms in total. The normalized spacial score (nSPS) is 10.1. The van der Waals surface area contributed by atoms with Crippen LogP contribution in [0.4, 0.5) is 5.69 Å². The van der Waals surface area contributed by atoms with E-state index in [2.05, 4.69) is 0 Å². The average Bonchev–Trinajstić information content (AvgIpc) is 2.01. The van der Waals surface area contributed by atoms with Gasteiger partial charge in [0.05, 0.1) is 0 Å². The maximum Gasteiger partial charge on any atom is 0.160 e. The van der Waals surface area contributed by atoms with Gasteiger partial charge in [0, 0.05) is 25.3 Å². The molecule has 76 valence electrons. The highest BCUT2D eigenvalue weighted by molar-refractivity contribution is 5.97. The summed E-state index contributed by atoms with van der Waals surface area (Å²) in [5.74, 6) is 0.144. The van der Waals surface area contributed by atoms with Crippen LogP contribution in [0.15, 0.2) is 12.1 Å². The predicted octanol–water partition coefficient (Wildman–Crippen LogP) is 2.57.